The van der Waals surface area contributed by atoms with E-state index in [-0.39, 0.29) is 18.9 Å². The monoisotopic (exact) mass is 252 g/mol. The number of nitrogens with two attached hydrogens (primary N) is 1. The van der Waals surface area contributed by atoms with Crippen LogP contribution in [-0.4, -0.2) is 39.3 Å². The highest BCUT2D eigenvalue weighted by atomic mass is 32.2. The summed E-state index contributed by atoms with van der Waals surface area (Å²) in [4.78, 5) is 11.3. The zero-order valence-electron chi connectivity index (χ0n) is 9.73. The third kappa shape index (κ3) is 6.04. The first-order valence-corrected chi connectivity index (χ1v) is 6.98. The highest BCUT2D eigenvalue weighted by molar-refractivity contribution is 7.89. The van der Waals surface area contributed by atoms with E-state index in [1.807, 2.05) is 6.92 Å². The van der Waals surface area contributed by atoms with Crippen molar-refractivity contribution in [2.75, 3.05) is 18.9 Å². The van der Waals surface area contributed by atoms with Gasteiger partial charge in [0, 0.05) is 6.54 Å². The second-order valence-corrected chi connectivity index (χ2v) is 5.20. The molecular weight excluding hydrogens is 232 g/mol. The first-order valence-electron chi connectivity index (χ1n) is 5.33. The highest BCUT2D eigenvalue weighted by Crippen LogP contribution is 1.97. The van der Waals surface area contributed by atoms with Crippen molar-refractivity contribution in [1.29, 1.82) is 0 Å². The van der Waals surface area contributed by atoms with E-state index < -0.39 is 22.0 Å². The van der Waals surface area contributed by atoms with Crippen molar-refractivity contribution >= 4 is 16.0 Å². The number of unbranched alkanes of at least 4 members (excludes halogenated alkanes) is 1. The van der Waals surface area contributed by atoms with Gasteiger partial charge in [0.15, 0.2) is 0 Å². The van der Waals surface area contributed by atoms with E-state index in [1.165, 1.54) is 0 Å². The number of hydrogen-bond acceptors (Lipinski definition) is 5. The Hall–Kier alpha value is -0.660. The molecule has 0 heterocycles. The molecule has 0 bridgehead atoms. The molecule has 0 rings (SSSR count). The van der Waals surface area contributed by atoms with Crippen LogP contribution in [0.15, 0.2) is 0 Å². The predicted octanol–water partition coefficient (Wildman–Crippen LogP) is -0.404. The number of carbonyl (C=O) groups excluding carboxylic acids is 1. The van der Waals surface area contributed by atoms with Gasteiger partial charge in [-0.25, -0.2) is 8.42 Å². The maximum Gasteiger partial charge on any atom is 0.325 e. The number of carbonyl (C=O) groups is 1. The topological polar surface area (TPSA) is 98.5 Å². The molecule has 16 heavy (non-hydrogen) atoms. The highest BCUT2D eigenvalue weighted by Gasteiger charge is 2.23. The Morgan fingerprint density at radius 1 is 1.44 bits per heavy atom. The summed E-state index contributed by atoms with van der Waals surface area (Å²) in [6.45, 7) is 3.63. The number of hydrogen-bond donors (Lipinski definition) is 2. The Morgan fingerprint density at radius 2 is 2.06 bits per heavy atom. The van der Waals surface area contributed by atoms with Gasteiger partial charge in [-0.05, 0) is 13.3 Å². The predicted molar refractivity (Wildman–Crippen MR) is 61.3 cm³/mol. The summed E-state index contributed by atoms with van der Waals surface area (Å²) in [5.74, 6) is -0.635. The lowest BCUT2D eigenvalue weighted by atomic mass is 10.3. The van der Waals surface area contributed by atoms with E-state index in [4.69, 9.17) is 10.5 Å². The van der Waals surface area contributed by atoms with Crippen LogP contribution in [-0.2, 0) is 19.6 Å². The quantitative estimate of drug-likeness (QED) is 0.572. The lowest BCUT2D eigenvalue weighted by molar-refractivity contribution is -0.144. The molecule has 0 aromatic carbocycles. The van der Waals surface area contributed by atoms with E-state index >= 15 is 0 Å². The van der Waals surface area contributed by atoms with Gasteiger partial charge in [-0.3, -0.25) is 4.79 Å². The molecular formula is C9H20N2O4S. The van der Waals surface area contributed by atoms with Crippen LogP contribution >= 0.6 is 0 Å². The normalized spacial score (nSPS) is 13.4. The number of rotatable bonds is 8. The molecule has 0 fully saturated rings. The van der Waals surface area contributed by atoms with Crippen LogP contribution in [0.25, 0.3) is 0 Å². The summed E-state index contributed by atoms with van der Waals surface area (Å²) in [6.07, 6.45) is 1.32. The van der Waals surface area contributed by atoms with Crippen LogP contribution in [0.1, 0.15) is 26.7 Å². The Labute approximate surface area is 96.6 Å². The molecule has 0 spiro atoms. The summed E-state index contributed by atoms with van der Waals surface area (Å²) in [7, 11) is -3.45. The fourth-order valence-corrected chi connectivity index (χ4v) is 2.46. The van der Waals surface area contributed by atoms with Crippen LogP contribution in [0.5, 0.6) is 0 Å². The van der Waals surface area contributed by atoms with Crippen LogP contribution in [0, 0.1) is 0 Å². The van der Waals surface area contributed by atoms with Gasteiger partial charge >= 0.3 is 5.97 Å². The summed E-state index contributed by atoms with van der Waals surface area (Å²) >= 11 is 0. The van der Waals surface area contributed by atoms with Crippen molar-refractivity contribution in [2.24, 2.45) is 5.73 Å². The van der Waals surface area contributed by atoms with E-state index in [0.717, 1.165) is 6.42 Å². The smallest absolute Gasteiger partial charge is 0.325 e. The minimum Gasteiger partial charge on any atom is -0.465 e. The Kier molecular flexibility index (Phi) is 7.27. The minimum absolute atomic E-state index is 0.000590. The van der Waals surface area contributed by atoms with Gasteiger partial charge in [-0.1, -0.05) is 13.3 Å². The fourth-order valence-electron chi connectivity index (χ4n) is 1.05. The molecule has 96 valence electrons. The molecule has 0 aromatic heterocycles. The summed E-state index contributed by atoms with van der Waals surface area (Å²) in [5.41, 5.74) is 5.31. The first-order chi connectivity index (χ1) is 7.46. The molecule has 3 N–H and O–H groups in total. The molecule has 1 atom stereocenters. The van der Waals surface area contributed by atoms with Gasteiger partial charge in [0.1, 0.15) is 6.04 Å². The standard InChI is InChI=1S/C9H20N2O4S/c1-3-5-6-16(13,14)11-8(7-10)9(12)15-4-2/h8,11H,3-7,10H2,1-2H3/t8-/m0/s1. The third-order valence-corrected chi connectivity index (χ3v) is 3.37. The minimum atomic E-state index is -3.45. The first kappa shape index (κ1) is 15.3. The third-order valence-electron chi connectivity index (χ3n) is 1.90. The van der Waals surface area contributed by atoms with Crippen LogP contribution < -0.4 is 10.5 Å². The van der Waals surface area contributed by atoms with Crippen molar-refractivity contribution in [3.05, 3.63) is 0 Å². The van der Waals surface area contributed by atoms with Gasteiger partial charge in [-0.2, -0.15) is 4.72 Å². The molecule has 7 heteroatoms. The van der Waals surface area contributed by atoms with E-state index in [0.29, 0.717) is 6.42 Å². The maximum absolute atomic E-state index is 11.5. The zero-order valence-corrected chi connectivity index (χ0v) is 10.5. The van der Waals surface area contributed by atoms with Crippen molar-refractivity contribution in [2.45, 2.75) is 32.7 Å². The lowest BCUT2D eigenvalue weighted by Gasteiger charge is -2.15. The SMILES string of the molecule is CCCCS(=O)(=O)N[C@@H](CN)C(=O)OCC. The summed E-state index contributed by atoms with van der Waals surface area (Å²) in [5, 5.41) is 0. The molecule has 0 aromatic rings. The average Bonchev–Trinajstić information content (AvgIpc) is 2.23. The maximum atomic E-state index is 11.5. The summed E-state index contributed by atoms with van der Waals surface area (Å²) in [6, 6.07) is -0.984. The van der Waals surface area contributed by atoms with Gasteiger partial charge in [-0.15, -0.1) is 0 Å². The molecule has 0 amide bonds. The molecule has 6 nitrogen and oxygen atoms in total. The fraction of sp³-hybridized carbons (Fsp3) is 0.889. The van der Waals surface area contributed by atoms with E-state index in [9.17, 15) is 13.2 Å². The van der Waals surface area contributed by atoms with Crippen LogP contribution in [0.2, 0.25) is 0 Å². The van der Waals surface area contributed by atoms with Crippen molar-refractivity contribution in [3.63, 3.8) is 0 Å². The van der Waals surface area contributed by atoms with Gasteiger partial charge in [0.2, 0.25) is 10.0 Å². The van der Waals surface area contributed by atoms with E-state index in [2.05, 4.69) is 4.72 Å². The second-order valence-electron chi connectivity index (χ2n) is 3.33. The summed E-state index contributed by atoms with van der Waals surface area (Å²) < 4.78 is 29.9. The number of nitrogens with one attached hydrogen (secondary N) is 1. The molecule has 0 radical (unpaired) electrons. The Balaban J connectivity index is 4.36. The molecule has 0 aliphatic carbocycles. The molecule has 0 aliphatic rings. The van der Waals surface area contributed by atoms with Crippen LogP contribution in [0.3, 0.4) is 0 Å². The zero-order chi connectivity index (χ0) is 12.6. The van der Waals surface area contributed by atoms with Crippen LogP contribution in [0.4, 0.5) is 0 Å². The Morgan fingerprint density at radius 3 is 2.50 bits per heavy atom. The largest absolute Gasteiger partial charge is 0.465 e. The molecule has 0 unspecified atom stereocenters. The van der Waals surface area contributed by atoms with Crippen molar-refractivity contribution in [3.8, 4) is 0 Å². The van der Waals surface area contributed by atoms with E-state index in [1.54, 1.807) is 6.92 Å². The Bertz CT molecular complexity index is 303. The molecule has 0 aliphatic heterocycles. The average molecular weight is 252 g/mol. The number of ether oxygens (including phenoxy) is 1. The number of esters is 1. The molecule has 0 saturated heterocycles. The van der Waals surface area contributed by atoms with Gasteiger partial charge < -0.3 is 10.5 Å². The van der Waals surface area contributed by atoms with Gasteiger partial charge in [0.05, 0.1) is 12.4 Å². The van der Waals surface area contributed by atoms with Crippen molar-refractivity contribution < 1.29 is 17.9 Å². The molecule has 0 saturated carbocycles. The second kappa shape index (κ2) is 7.59. The number of sulfonamides is 1. The lowest BCUT2D eigenvalue weighted by Crippen LogP contribution is -2.47. The van der Waals surface area contributed by atoms with Gasteiger partial charge in [0.25, 0.3) is 0 Å². The van der Waals surface area contributed by atoms with Crippen molar-refractivity contribution in [1.82, 2.24) is 4.72 Å².